The van der Waals surface area contributed by atoms with E-state index in [1.807, 2.05) is 0 Å². The quantitative estimate of drug-likeness (QED) is 0.651. The molecule has 0 amide bonds. The van der Waals surface area contributed by atoms with Gasteiger partial charge in [-0.2, -0.15) is 0 Å². The minimum atomic E-state index is -0.223. The lowest BCUT2D eigenvalue weighted by molar-refractivity contribution is 0.00578. The molecule has 3 heteroatoms. The average molecular weight is 250 g/mol. The third-order valence-electron chi connectivity index (χ3n) is 4.70. The zero-order valence-electron chi connectivity index (χ0n) is 12.8. The first-order valence-electron chi connectivity index (χ1n) is 7.17. The second-order valence-electron chi connectivity index (χ2n) is 7.64. The van der Waals surface area contributed by atoms with Crippen LogP contribution in [0.1, 0.15) is 67.2 Å². The molecule has 102 valence electrons. The molecular formula is C15H27BO2. The van der Waals surface area contributed by atoms with E-state index in [1.54, 1.807) is 0 Å². The van der Waals surface area contributed by atoms with Crippen LogP contribution in [0.4, 0.5) is 0 Å². The van der Waals surface area contributed by atoms with Crippen LogP contribution < -0.4 is 0 Å². The molecule has 0 aromatic heterocycles. The van der Waals surface area contributed by atoms with Crippen LogP contribution in [0.5, 0.6) is 0 Å². The Bertz CT molecular complexity index is 340. The van der Waals surface area contributed by atoms with Gasteiger partial charge in [0.1, 0.15) is 0 Å². The Balaban J connectivity index is 2.07. The summed E-state index contributed by atoms with van der Waals surface area (Å²) >= 11 is 0. The highest BCUT2D eigenvalue weighted by Gasteiger charge is 2.50. The van der Waals surface area contributed by atoms with Gasteiger partial charge in [-0.25, -0.2) is 0 Å². The summed E-state index contributed by atoms with van der Waals surface area (Å²) in [7, 11) is -0.168. The molecule has 2 fully saturated rings. The van der Waals surface area contributed by atoms with Crippen LogP contribution in [-0.2, 0) is 9.31 Å². The normalized spacial score (nSPS) is 31.9. The summed E-state index contributed by atoms with van der Waals surface area (Å²) < 4.78 is 12.1. The highest BCUT2D eigenvalue weighted by atomic mass is 16.7. The van der Waals surface area contributed by atoms with Crippen LogP contribution in [0.25, 0.3) is 0 Å². The van der Waals surface area contributed by atoms with Crippen molar-refractivity contribution >= 4 is 7.12 Å². The van der Waals surface area contributed by atoms with Gasteiger partial charge in [0.2, 0.25) is 0 Å². The first-order chi connectivity index (χ1) is 8.11. The zero-order chi connectivity index (χ0) is 13.6. The van der Waals surface area contributed by atoms with Crippen molar-refractivity contribution in [2.75, 3.05) is 0 Å². The molecule has 1 heterocycles. The molecule has 0 radical (unpaired) electrons. The first-order valence-corrected chi connectivity index (χ1v) is 7.17. The van der Waals surface area contributed by atoms with Gasteiger partial charge < -0.3 is 9.31 Å². The lowest BCUT2D eigenvalue weighted by atomic mass is 9.72. The summed E-state index contributed by atoms with van der Waals surface area (Å²) in [5, 5.41) is 0. The highest BCUT2D eigenvalue weighted by Crippen LogP contribution is 2.41. The third kappa shape index (κ3) is 2.83. The van der Waals surface area contributed by atoms with Crippen molar-refractivity contribution in [2.45, 2.75) is 78.4 Å². The fourth-order valence-electron chi connectivity index (χ4n) is 2.88. The molecule has 0 spiro atoms. The van der Waals surface area contributed by atoms with Crippen molar-refractivity contribution in [3.63, 3.8) is 0 Å². The summed E-state index contributed by atoms with van der Waals surface area (Å²) in [5.41, 5.74) is 1.50. The van der Waals surface area contributed by atoms with Gasteiger partial charge in [-0.3, -0.25) is 0 Å². The predicted octanol–water partition coefficient (Wildman–Crippen LogP) is 4.14. The molecule has 2 nitrogen and oxygen atoms in total. The lowest BCUT2D eigenvalue weighted by Gasteiger charge is -2.32. The number of rotatable bonds is 1. The maximum absolute atomic E-state index is 6.04. The fraction of sp³-hybridized carbons (Fsp3) is 0.867. The monoisotopic (exact) mass is 250 g/mol. The van der Waals surface area contributed by atoms with Gasteiger partial charge in [0.25, 0.3) is 0 Å². The molecule has 0 atom stereocenters. The molecule has 2 aliphatic rings. The van der Waals surface area contributed by atoms with Crippen molar-refractivity contribution in [1.29, 1.82) is 0 Å². The van der Waals surface area contributed by atoms with E-state index in [-0.39, 0.29) is 18.3 Å². The van der Waals surface area contributed by atoms with Crippen molar-refractivity contribution in [1.82, 2.24) is 0 Å². The van der Waals surface area contributed by atoms with Crippen molar-refractivity contribution in [3.05, 3.63) is 11.5 Å². The van der Waals surface area contributed by atoms with E-state index in [0.29, 0.717) is 5.41 Å². The molecule has 18 heavy (non-hydrogen) atoms. The second-order valence-corrected chi connectivity index (χ2v) is 7.64. The van der Waals surface area contributed by atoms with Crippen LogP contribution in [-0.4, -0.2) is 18.3 Å². The van der Waals surface area contributed by atoms with Gasteiger partial charge in [-0.05, 0) is 58.8 Å². The minimum Gasteiger partial charge on any atom is -0.400 e. The SMILES string of the molecule is CC1(C)CCCC(=CB2OC(C)(C)C(C)(C)O2)C1. The van der Waals surface area contributed by atoms with Crippen molar-refractivity contribution < 1.29 is 9.31 Å². The summed E-state index contributed by atoms with van der Waals surface area (Å²) in [4.78, 5) is 0. The molecule has 0 bridgehead atoms. The molecule has 1 saturated heterocycles. The number of hydrogen-bond acceptors (Lipinski definition) is 2. The molecule has 1 aliphatic carbocycles. The summed E-state index contributed by atoms with van der Waals surface area (Å²) in [5.74, 6) is 2.22. The van der Waals surface area contributed by atoms with E-state index < -0.39 is 0 Å². The standard InChI is InChI=1S/C15H27BO2/c1-13(2)9-7-8-12(10-13)11-16-17-14(3,4)15(5,6)18-16/h11H,7-10H2,1-6H3. The second kappa shape index (κ2) is 4.38. The molecule has 0 aromatic carbocycles. The summed E-state index contributed by atoms with van der Waals surface area (Å²) in [6.45, 7) is 13.1. The van der Waals surface area contributed by atoms with Gasteiger partial charge in [0.15, 0.2) is 0 Å². The van der Waals surface area contributed by atoms with Crippen LogP contribution in [0, 0.1) is 5.41 Å². The van der Waals surface area contributed by atoms with E-state index in [2.05, 4.69) is 47.5 Å². The van der Waals surface area contributed by atoms with Gasteiger partial charge in [0, 0.05) is 0 Å². The van der Waals surface area contributed by atoms with Crippen molar-refractivity contribution in [2.24, 2.45) is 5.41 Å². The van der Waals surface area contributed by atoms with E-state index in [4.69, 9.17) is 9.31 Å². The molecule has 0 aromatic rings. The molecule has 2 rings (SSSR count). The van der Waals surface area contributed by atoms with Crippen LogP contribution in [0.2, 0.25) is 0 Å². The molecule has 0 unspecified atom stereocenters. The van der Waals surface area contributed by atoms with E-state index >= 15 is 0 Å². The van der Waals surface area contributed by atoms with Gasteiger partial charge in [-0.15, -0.1) is 0 Å². The van der Waals surface area contributed by atoms with Gasteiger partial charge in [0.05, 0.1) is 11.2 Å². The minimum absolute atomic E-state index is 0.168. The van der Waals surface area contributed by atoms with E-state index in [1.165, 1.54) is 31.3 Å². The van der Waals surface area contributed by atoms with E-state index in [9.17, 15) is 0 Å². The van der Waals surface area contributed by atoms with Crippen molar-refractivity contribution in [3.8, 4) is 0 Å². The number of allylic oxidation sites excluding steroid dienone is 1. The van der Waals surface area contributed by atoms with Crippen LogP contribution in [0.3, 0.4) is 0 Å². The van der Waals surface area contributed by atoms with Crippen LogP contribution in [0.15, 0.2) is 11.5 Å². The Hall–Kier alpha value is -0.275. The average Bonchev–Trinajstić information content (AvgIpc) is 2.32. The number of hydrogen-bond donors (Lipinski definition) is 0. The van der Waals surface area contributed by atoms with E-state index in [0.717, 1.165) is 0 Å². The largest absolute Gasteiger partial charge is 0.487 e. The Morgan fingerprint density at radius 3 is 2.06 bits per heavy atom. The Kier molecular flexibility index (Phi) is 3.44. The van der Waals surface area contributed by atoms with Gasteiger partial charge in [-0.1, -0.05) is 25.4 Å². The topological polar surface area (TPSA) is 18.5 Å². The maximum atomic E-state index is 6.04. The Labute approximate surface area is 112 Å². The van der Waals surface area contributed by atoms with Crippen LogP contribution >= 0.6 is 0 Å². The summed E-state index contributed by atoms with van der Waals surface area (Å²) in [6.07, 6.45) is 5.00. The highest BCUT2D eigenvalue weighted by molar-refractivity contribution is 6.51. The maximum Gasteiger partial charge on any atom is 0.487 e. The predicted molar refractivity (Wildman–Crippen MR) is 76.4 cm³/mol. The molecule has 0 N–H and O–H groups in total. The fourth-order valence-corrected chi connectivity index (χ4v) is 2.88. The molecule has 1 saturated carbocycles. The Morgan fingerprint density at radius 1 is 1.00 bits per heavy atom. The first kappa shape index (κ1) is 14.1. The van der Waals surface area contributed by atoms with Gasteiger partial charge >= 0.3 is 7.12 Å². The summed E-state index contributed by atoms with van der Waals surface area (Å²) in [6, 6.07) is 0. The smallest absolute Gasteiger partial charge is 0.400 e. The third-order valence-corrected chi connectivity index (χ3v) is 4.70. The Morgan fingerprint density at radius 2 is 1.56 bits per heavy atom. The molecule has 1 aliphatic heterocycles. The lowest BCUT2D eigenvalue weighted by Crippen LogP contribution is -2.41. The zero-order valence-corrected chi connectivity index (χ0v) is 12.8. The molecular weight excluding hydrogens is 223 g/mol.